The lowest BCUT2D eigenvalue weighted by atomic mass is 10.3. The summed E-state index contributed by atoms with van der Waals surface area (Å²) >= 11 is 0. The number of phenols is 1. The molecule has 1 aromatic carbocycles. The number of phenolic OH excluding ortho intramolecular Hbond substituents is 1. The van der Waals surface area contributed by atoms with Gasteiger partial charge >= 0.3 is 10.4 Å². The summed E-state index contributed by atoms with van der Waals surface area (Å²) < 4.78 is 44.9. The highest BCUT2D eigenvalue weighted by molar-refractivity contribution is 7.81. The Hall–Kier alpha value is -1.34. The van der Waals surface area contributed by atoms with Gasteiger partial charge in [0.15, 0.2) is 11.6 Å². The fraction of sp³-hybridized carbons (Fsp3) is 0. The van der Waals surface area contributed by atoms with E-state index in [0.717, 1.165) is 12.1 Å². The van der Waals surface area contributed by atoms with Gasteiger partial charge in [-0.1, -0.05) is 0 Å². The molecule has 0 aliphatic rings. The first-order chi connectivity index (χ1) is 5.88. The van der Waals surface area contributed by atoms with E-state index < -0.39 is 27.7 Å². The Kier molecular flexibility index (Phi) is 2.39. The Morgan fingerprint density at radius 1 is 1.38 bits per heavy atom. The topological polar surface area (TPSA) is 83.8 Å². The molecular weight excluding hydrogens is 203 g/mol. The van der Waals surface area contributed by atoms with Crippen LogP contribution in [0.3, 0.4) is 0 Å². The lowest BCUT2D eigenvalue weighted by Gasteiger charge is -2.01. The zero-order valence-corrected chi connectivity index (χ0v) is 6.95. The van der Waals surface area contributed by atoms with E-state index in [9.17, 15) is 12.8 Å². The van der Waals surface area contributed by atoms with Crippen LogP contribution in [0.2, 0.25) is 0 Å². The van der Waals surface area contributed by atoms with Gasteiger partial charge in [-0.25, -0.2) is 4.39 Å². The van der Waals surface area contributed by atoms with Crippen molar-refractivity contribution in [1.82, 2.24) is 0 Å². The van der Waals surface area contributed by atoms with Crippen molar-refractivity contribution in [3.05, 3.63) is 24.0 Å². The minimum atomic E-state index is -4.66. The normalized spacial score (nSPS) is 11.2. The van der Waals surface area contributed by atoms with Gasteiger partial charge in [0.25, 0.3) is 0 Å². The smallest absolute Gasteiger partial charge is 0.446 e. The van der Waals surface area contributed by atoms with Crippen molar-refractivity contribution < 1.29 is 26.7 Å². The first kappa shape index (κ1) is 9.75. The Bertz CT molecular complexity index is 413. The zero-order valence-electron chi connectivity index (χ0n) is 6.14. The minimum Gasteiger partial charge on any atom is -0.505 e. The summed E-state index contributed by atoms with van der Waals surface area (Å²) in [6.07, 6.45) is 0. The first-order valence-corrected chi connectivity index (χ1v) is 4.40. The zero-order chi connectivity index (χ0) is 10.1. The molecule has 1 aromatic rings. The van der Waals surface area contributed by atoms with Crippen LogP contribution in [0.15, 0.2) is 18.2 Å². The highest BCUT2D eigenvalue weighted by Crippen LogP contribution is 2.21. The van der Waals surface area contributed by atoms with Crippen LogP contribution < -0.4 is 4.18 Å². The van der Waals surface area contributed by atoms with E-state index in [1.165, 1.54) is 0 Å². The molecule has 0 saturated carbocycles. The number of benzene rings is 1. The molecule has 0 bridgehead atoms. The van der Waals surface area contributed by atoms with Gasteiger partial charge in [0, 0.05) is 6.07 Å². The molecule has 0 fully saturated rings. The monoisotopic (exact) mass is 208 g/mol. The van der Waals surface area contributed by atoms with E-state index in [0.29, 0.717) is 6.07 Å². The molecule has 0 heterocycles. The third-order valence-electron chi connectivity index (χ3n) is 1.12. The third-order valence-corrected chi connectivity index (χ3v) is 1.52. The first-order valence-electron chi connectivity index (χ1n) is 3.04. The average Bonchev–Trinajstić information content (AvgIpc) is 1.94. The molecule has 72 valence electrons. The van der Waals surface area contributed by atoms with Crippen LogP contribution in [0.1, 0.15) is 0 Å². The molecule has 0 spiro atoms. The van der Waals surface area contributed by atoms with Crippen LogP contribution in [0.4, 0.5) is 4.39 Å². The Labute approximate surface area is 73.3 Å². The summed E-state index contributed by atoms with van der Waals surface area (Å²) in [5.41, 5.74) is 0. The van der Waals surface area contributed by atoms with E-state index in [1.54, 1.807) is 0 Å². The van der Waals surface area contributed by atoms with Gasteiger partial charge in [-0.15, -0.1) is 0 Å². The second-order valence-corrected chi connectivity index (χ2v) is 3.15. The molecule has 0 amide bonds. The summed E-state index contributed by atoms with van der Waals surface area (Å²) in [7, 11) is -4.66. The number of hydrogen-bond donors (Lipinski definition) is 2. The molecule has 0 aromatic heterocycles. The van der Waals surface area contributed by atoms with Crippen molar-refractivity contribution in [3.63, 3.8) is 0 Å². The highest BCUT2D eigenvalue weighted by atomic mass is 32.3. The quantitative estimate of drug-likeness (QED) is 0.699. The molecule has 0 atom stereocenters. The second-order valence-electron chi connectivity index (χ2n) is 2.12. The summed E-state index contributed by atoms with van der Waals surface area (Å²) in [5, 5.41) is 8.70. The number of hydrogen-bond acceptors (Lipinski definition) is 4. The lowest BCUT2D eigenvalue weighted by Crippen LogP contribution is -2.06. The standard InChI is InChI=1S/C6H5FO5S/c7-5-3-4(1-2-6(5)8)12-13(9,10)11/h1-3,8H,(H,9,10,11). The van der Waals surface area contributed by atoms with Crippen LogP contribution >= 0.6 is 0 Å². The maximum Gasteiger partial charge on any atom is 0.446 e. The van der Waals surface area contributed by atoms with Gasteiger partial charge in [-0.3, -0.25) is 4.55 Å². The van der Waals surface area contributed by atoms with Gasteiger partial charge in [0.2, 0.25) is 0 Å². The van der Waals surface area contributed by atoms with Gasteiger partial charge in [-0.05, 0) is 12.1 Å². The fourth-order valence-electron chi connectivity index (χ4n) is 0.661. The molecule has 13 heavy (non-hydrogen) atoms. The van der Waals surface area contributed by atoms with Crippen LogP contribution in [0.25, 0.3) is 0 Å². The van der Waals surface area contributed by atoms with Gasteiger partial charge in [0.1, 0.15) is 5.75 Å². The van der Waals surface area contributed by atoms with Crippen LogP contribution in [-0.4, -0.2) is 18.1 Å². The molecule has 7 heteroatoms. The number of halogens is 1. The predicted octanol–water partition coefficient (Wildman–Crippen LogP) is 0.713. The maximum atomic E-state index is 12.5. The summed E-state index contributed by atoms with van der Waals surface area (Å²) in [5.74, 6) is -2.10. The lowest BCUT2D eigenvalue weighted by molar-refractivity contribution is 0.383. The van der Waals surface area contributed by atoms with Crippen LogP contribution in [0, 0.1) is 5.82 Å². The molecule has 0 aliphatic heterocycles. The molecule has 0 saturated heterocycles. The predicted molar refractivity (Wildman–Crippen MR) is 40.2 cm³/mol. The third kappa shape index (κ3) is 2.88. The second kappa shape index (κ2) is 3.19. The summed E-state index contributed by atoms with van der Waals surface area (Å²) in [6.45, 7) is 0. The van der Waals surface area contributed by atoms with E-state index >= 15 is 0 Å². The molecule has 1 rings (SSSR count). The molecule has 0 radical (unpaired) electrons. The highest BCUT2D eigenvalue weighted by Gasteiger charge is 2.09. The van der Waals surface area contributed by atoms with Crippen LogP contribution in [-0.2, 0) is 10.4 Å². The molecule has 2 N–H and O–H groups in total. The molecular formula is C6H5FO5S. The minimum absolute atomic E-state index is 0.419. The molecule has 5 nitrogen and oxygen atoms in total. The average molecular weight is 208 g/mol. The Morgan fingerprint density at radius 2 is 2.00 bits per heavy atom. The Balaban J connectivity index is 2.99. The van der Waals surface area contributed by atoms with Gasteiger partial charge < -0.3 is 9.29 Å². The number of aromatic hydroxyl groups is 1. The SMILES string of the molecule is O=S(=O)(O)Oc1ccc(O)c(F)c1. The van der Waals surface area contributed by atoms with E-state index in [1.807, 2.05) is 0 Å². The number of rotatable bonds is 2. The largest absolute Gasteiger partial charge is 0.505 e. The van der Waals surface area contributed by atoms with Crippen LogP contribution in [0.5, 0.6) is 11.5 Å². The van der Waals surface area contributed by atoms with Gasteiger partial charge in [-0.2, -0.15) is 8.42 Å². The van der Waals surface area contributed by atoms with E-state index in [4.69, 9.17) is 9.66 Å². The van der Waals surface area contributed by atoms with Gasteiger partial charge in [0.05, 0.1) is 0 Å². The summed E-state index contributed by atoms with van der Waals surface area (Å²) in [6, 6.07) is 2.52. The van der Waals surface area contributed by atoms with Crippen molar-refractivity contribution >= 4 is 10.4 Å². The van der Waals surface area contributed by atoms with Crippen molar-refractivity contribution in [2.45, 2.75) is 0 Å². The molecule has 0 aliphatic carbocycles. The van der Waals surface area contributed by atoms with Crippen molar-refractivity contribution in [2.75, 3.05) is 0 Å². The maximum absolute atomic E-state index is 12.5. The summed E-state index contributed by atoms with van der Waals surface area (Å²) in [4.78, 5) is 0. The van der Waals surface area contributed by atoms with Crippen molar-refractivity contribution in [1.29, 1.82) is 0 Å². The van der Waals surface area contributed by atoms with E-state index in [2.05, 4.69) is 4.18 Å². The molecule has 0 unspecified atom stereocenters. The van der Waals surface area contributed by atoms with E-state index in [-0.39, 0.29) is 0 Å². The van der Waals surface area contributed by atoms with Crippen molar-refractivity contribution in [2.24, 2.45) is 0 Å². The fourth-order valence-corrected chi connectivity index (χ4v) is 1.01. The van der Waals surface area contributed by atoms with Crippen molar-refractivity contribution in [3.8, 4) is 11.5 Å². The Morgan fingerprint density at radius 3 is 2.46 bits per heavy atom.